The van der Waals surface area contributed by atoms with Crippen molar-refractivity contribution in [2.75, 3.05) is 19.8 Å². The van der Waals surface area contributed by atoms with E-state index in [0.29, 0.717) is 52.7 Å². The number of benzene rings is 2. The monoisotopic (exact) mass is 544 g/mol. The predicted octanol–water partition coefficient (Wildman–Crippen LogP) is 6.28. The molecular formula is C29H34Cl2N2O4. The third-order valence-electron chi connectivity index (χ3n) is 7.01. The van der Waals surface area contributed by atoms with Crippen molar-refractivity contribution in [2.24, 2.45) is 10.9 Å². The maximum absolute atomic E-state index is 13.9. The molecule has 1 fully saturated rings. The van der Waals surface area contributed by atoms with E-state index < -0.39 is 11.6 Å². The lowest BCUT2D eigenvalue weighted by atomic mass is 9.83. The molecule has 0 bridgehead atoms. The van der Waals surface area contributed by atoms with Crippen LogP contribution < -0.4 is 10.1 Å². The molecule has 0 spiro atoms. The van der Waals surface area contributed by atoms with Crippen LogP contribution in [0.3, 0.4) is 0 Å². The molecule has 2 aromatic carbocycles. The second-order valence-electron chi connectivity index (χ2n) is 9.66. The number of ether oxygens (including phenoxy) is 2. The van der Waals surface area contributed by atoms with Gasteiger partial charge in [-0.3, -0.25) is 4.79 Å². The van der Waals surface area contributed by atoms with Gasteiger partial charge in [-0.1, -0.05) is 54.6 Å². The number of nitrogens with one attached hydrogen (secondary N) is 1. The lowest BCUT2D eigenvalue weighted by Crippen LogP contribution is -2.49. The van der Waals surface area contributed by atoms with Crippen molar-refractivity contribution in [3.63, 3.8) is 0 Å². The summed E-state index contributed by atoms with van der Waals surface area (Å²) in [5.41, 5.74) is 0.0959. The molecule has 8 heteroatoms. The lowest BCUT2D eigenvalue weighted by molar-refractivity contribution is -0.129. The maximum atomic E-state index is 13.9. The first-order valence-electron chi connectivity index (χ1n) is 12.9. The Hall–Kier alpha value is -2.54. The first kappa shape index (κ1) is 27.5. The molecule has 2 aromatic rings. The third kappa shape index (κ3) is 6.49. The zero-order chi connectivity index (χ0) is 26.3. The predicted molar refractivity (Wildman–Crippen MR) is 148 cm³/mol. The fourth-order valence-corrected chi connectivity index (χ4v) is 5.52. The Labute approximate surface area is 228 Å². The summed E-state index contributed by atoms with van der Waals surface area (Å²) in [5, 5.41) is 13.1. The summed E-state index contributed by atoms with van der Waals surface area (Å²) in [6, 6.07) is 12.5. The highest BCUT2D eigenvalue weighted by Gasteiger charge is 2.53. The van der Waals surface area contributed by atoms with Gasteiger partial charge >= 0.3 is 0 Å². The van der Waals surface area contributed by atoms with Gasteiger partial charge in [0.1, 0.15) is 5.75 Å². The van der Waals surface area contributed by atoms with E-state index in [2.05, 4.69) is 11.9 Å². The number of aliphatic hydroxyl groups is 1. The lowest BCUT2D eigenvalue weighted by Gasteiger charge is -2.31. The van der Waals surface area contributed by atoms with Gasteiger partial charge in [-0.2, -0.15) is 0 Å². The van der Waals surface area contributed by atoms with Crippen molar-refractivity contribution in [1.82, 2.24) is 5.32 Å². The number of nitrogens with zero attached hydrogens (tertiary/aromatic N) is 1. The van der Waals surface area contributed by atoms with Gasteiger partial charge in [-0.25, -0.2) is 4.99 Å². The van der Waals surface area contributed by atoms with Crippen LogP contribution in [0.25, 0.3) is 0 Å². The van der Waals surface area contributed by atoms with Crippen molar-refractivity contribution in [1.29, 1.82) is 0 Å². The molecule has 1 saturated carbocycles. The van der Waals surface area contributed by atoms with Crippen LogP contribution in [0, 0.1) is 5.92 Å². The van der Waals surface area contributed by atoms with Gasteiger partial charge in [-0.05, 0) is 55.2 Å². The van der Waals surface area contributed by atoms with E-state index in [1.165, 1.54) is 19.3 Å². The maximum Gasteiger partial charge on any atom is 0.252 e. The Morgan fingerprint density at radius 2 is 1.95 bits per heavy atom. The Balaban J connectivity index is 1.65. The zero-order valence-corrected chi connectivity index (χ0v) is 22.4. The van der Waals surface area contributed by atoms with Gasteiger partial charge < -0.3 is 19.9 Å². The van der Waals surface area contributed by atoms with Crippen LogP contribution in [0.2, 0.25) is 10.0 Å². The van der Waals surface area contributed by atoms with Crippen LogP contribution in [0.1, 0.15) is 62.2 Å². The van der Waals surface area contributed by atoms with Gasteiger partial charge in [0.2, 0.25) is 5.90 Å². The molecule has 2 atom stereocenters. The molecule has 6 nitrogen and oxygen atoms in total. The van der Waals surface area contributed by atoms with Gasteiger partial charge in [0, 0.05) is 47.2 Å². The van der Waals surface area contributed by atoms with Crippen LogP contribution in [-0.4, -0.2) is 42.2 Å². The van der Waals surface area contributed by atoms with Crippen LogP contribution in [-0.2, 0) is 9.53 Å². The molecule has 0 saturated heterocycles. The molecule has 37 heavy (non-hydrogen) atoms. The smallest absolute Gasteiger partial charge is 0.252 e. The Morgan fingerprint density at radius 1 is 1.19 bits per heavy atom. The topological polar surface area (TPSA) is 80.2 Å². The second-order valence-corrected chi connectivity index (χ2v) is 10.5. The number of amides is 1. The summed E-state index contributed by atoms with van der Waals surface area (Å²) in [5.74, 6) is 1.30. The quantitative estimate of drug-likeness (QED) is 0.257. The second kappa shape index (κ2) is 12.8. The summed E-state index contributed by atoms with van der Waals surface area (Å²) in [6.07, 6.45) is 7.69. The number of carbonyl (C=O) groups excluding carboxylic acids is 1. The molecule has 2 N–H and O–H groups in total. The fraction of sp³-hybridized carbons (Fsp3) is 0.448. The van der Waals surface area contributed by atoms with Gasteiger partial charge in [0.25, 0.3) is 5.91 Å². The third-order valence-corrected chi connectivity index (χ3v) is 7.57. The summed E-state index contributed by atoms with van der Waals surface area (Å²) >= 11 is 12.8. The van der Waals surface area contributed by atoms with Crippen molar-refractivity contribution in [3.05, 3.63) is 76.3 Å². The standard InChI is InChI=1S/C29H34Cl2N2O4/c1-2-15-29(28(35)32-19-20-7-4-3-5-8-20)26(24-14-11-22(30)18-25(24)31)37-27(33-29)21-9-12-23(13-10-21)36-17-6-16-34/h2,9-14,18,20,26,34H,1,3-8,15-17,19H2,(H,32,35)/t26-,29-/m1/s1. The summed E-state index contributed by atoms with van der Waals surface area (Å²) in [4.78, 5) is 18.8. The number of carbonyl (C=O) groups is 1. The van der Waals surface area contributed by atoms with Crippen molar-refractivity contribution in [2.45, 2.75) is 56.6 Å². The Kier molecular flexibility index (Phi) is 9.52. The van der Waals surface area contributed by atoms with Crippen LogP contribution >= 0.6 is 23.2 Å². The van der Waals surface area contributed by atoms with E-state index in [1.807, 2.05) is 24.3 Å². The molecule has 0 radical (unpaired) electrons. The number of halogens is 2. The number of aliphatic hydroxyl groups excluding tert-OH is 1. The number of rotatable bonds is 11. The van der Waals surface area contributed by atoms with Crippen LogP contribution in [0.15, 0.2) is 60.1 Å². The highest BCUT2D eigenvalue weighted by molar-refractivity contribution is 6.35. The summed E-state index contributed by atoms with van der Waals surface area (Å²) < 4.78 is 12.1. The SMILES string of the molecule is C=CC[C@@]1(C(=O)NCC2CCCCC2)N=C(c2ccc(OCCCO)cc2)O[C@@H]1c1ccc(Cl)cc1Cl. The highest BCUT2D eigenvalue weighted by Crippen LogP contribution is 2.45. The van der Waals surface area contributed by atoms with Gasteiger partial charge in [0.15, 0.2) is 11.6 Å². The average molecular weight is 546 g/mol. The Bertz CT molecular complexity index is 1120. The van der Waals surface area contributed by atoms with Crippen LogP contribution in [0.5, 0.6) is 5.75 Å². The zero-order valence-electron chi connectivity index (χ0n) is 20.9. The van der Waals surface area contributed by atoms with E-state index >= 15 is 0 Å². The number of hydrogen-bond donors (Lipinski definition) is 2. The minimum atomic E-state index is -1.26. The molecule has 198 valence electrons. The molecule has 0 aromatic heterocycles. The molecule has 2 aliphatic rings. The van der Waals surface area contributed by atoms with E-state index in [1.54, 1.807) is 24.3 Å². The molecule has 4 rings (SSSR count). The van der Waals surface area contributed by atoms with Gasteiger partial charge in [-0.15, -0.1) is 6.58 Å². The van der Waals surface area contributed by atoms with E-state index in [9.17, 15) is 4.79 Å². The highest BCUT2D eigenvalue weighted by atomic mass is 35.5. The molecule has 1 heterocycles. The Morgan fingerprint density at radius 3 is 2.62 bits per heavy atom. The minimum Gasteiger partial charge on any atom is -0.494 e. The van der Waals surface area contributed by atoms with Crippen LogP contribution in [0.4, 0.5) is 0 Å². The van der Waals surface area contributed by atoms with Crippen molar-refractivity contribution >= 4 is 35.0 Å². The van der Waals surface area contributed by atoms with Gasteiger partial charge in [0.05, 0.1) is 6.61 Å². The molecular weight excluding hydrogens is 511 g/mol. The van der Waals surface area contributed by atoms with Crippen molar-refractivity contribution in [3.8, 4) is 5.75 Å². The summed E-state index contributed by atoms with van der Waals surface area (Å²) in [6.45, 7) is 5.03. The van der Waals surface area contributed by atoms with Crippen molar-refractivity contribution < 1.29 is 19.4 Å². The van der Waals surface area contributed by atoms with E-state index in [4.69, 9.17) is 42.8 Å². The van der Waals surface area contributed by atoms with E-state index in [-0.39, 0.29) is 18.9 Å². The normalized spacial score (nSPS) is 21.7. The first-order valence-corrected chi connectivity index (χ1v) is 13.7. The molecule has 1 amide bonds. The minimum absolute atomic E-state index is 0.0750. The fourth-order valence-electron chi connectivity index (χ4n) is 5.01. The molecule has 1 aliphatic carbocycles. The average Bonchev–Trinajstić information content (AvgIpc) is 3.29. The summed E-state index contributed by atoms with van der Waals surface area (Å²) in [7, 11) is 0. The van der Waals surface area contributed by atoms with E-state index in [0.717, 1.165) is 18.4 Å². The molecule has 1 aliphatic heterocycles. The first-order chi connectivity index (χ1) is 18.0. The number of hydrogen-bond acceptors (Lipinski definition) is 5. The number of aliphatic imine (C=N–C) groups is 1. The largest absolute Gasteiger partial charge is 0.494 e. The molecule has 0 unspecified atom stereocenters.